The van der Waals surface area contributed by atoms with E-state index in [0.29, 0.717) is 17.4 Å². The molecule has 1 saturated carbocycles. The molecule has 1 aliphatic heterocycles. The van der Waals surface area contributed by atoms with Crippen molar-refractivity contribution < 1.29 is 5.11 Å². The highest BCUT2D eigenvalue weighted by atomic mass is 16.3. The summed E-state index contributed by atoms with van der Waals surface area (Å²) in [5.74, 6) is 1.28. The van der Waals surface area contributed by atoms with Gasteiger partial charge in [-0.15, -0.1) is 0 Å². The van der Waals surface area contributed by atoms with Crippen LogP contribution in [-0.2, 0) is 0 Å². The topological polar surface area (TPSA) is 35.5 Å². The number of likely N-dealkylation sites (tertiary alicyclic amines) is 1. The summed E-state index contributed by atoms with van der Waals surface area (Å²) in [7, 11) is 0. The molecule has 0 aromatic rings. The van der Waals surface area contributed by atoms with Crippen molar-refractivity contribution in [3.8, 4) is 0 Å². The van der Waals surface area contributed by atoms with E-state index in [4.69, 9.17) is 0 Å². The Kier molecular flexibility index (Phi) is 5.72. The van der Waals surface area contributed by atoms with Gasteiger partial charge in [0.2, 0.25) is 0 Å². The SMILES string of the molecule is CCC(O)C1CC(NCC(C)(C)C)CN(C2CCC2C)C1. The molecule has 124 valence electrons. The van der Waals surface area contributed by atoms with E-state index in [-0.39, 0.29) is 6.10 Å². The summed E-state index contributed by atoms with van der Waals surface area (Å²) < 4.78 is 0. The van der Waals surface area contributed by atoms with Crippen LogP contribution in [0.3, 0.4) is 0 Å². The minimum absolute atomic E-state index is 0.137. The van der Waals surface area contributed by atoms with Crippen molar-refractivity contribution in [3.05, 3.63) is 0 Å². The zero-order chi connectivity index (χ0) is 15.6. The Hall–Kier alpha value is -0.120. The van der Waals surface area contributed by atoms with E-state index in [1.165, 1.54) is 12.8 Å². The van der Waals surface area contributed by atoms with Crippen LogP contribution in [0.1, 0.15) is 60.3 Å². The van der Waals surface area contributed by atoms with Gasteiger partial charge in [-0.1, -0.05) is 34.6 Å². The molecule has 5 atom stereocenters. The second kappa shape index (κ2) is 6.97. The molecule has 3 heteroatoms. The lowest BCUT2D eigenvalue weighted by Gasteiger charge is -2.49. The average Bonchev–Trinajstić information content (AvgIpc) is 2.41. The largest absolute Gasteiger partial charge is 0.393 e. The van der Waals surface area contributed by atoms with Crippen LogP contribution in [0.2, 0.25) is 0 Å². The van der Waals surface area contributed by atoms with Crippen LogP contribution in [0.25, 0.3) is 0 Å². The quantitative estimate of drug-likeness (QED) is 0.819. The van der Waals surface area contributed by atoms with E-state index < -0.39 is 0 Å². The van der Waals surface area contributed by atoms with Crippen molar-refractivity contribution in [3.63, 3.8) is 0 Å². The van der Waals surface area contributed by atoms with Gasteiger partial charge in [0.15, 0.2) is 0 Å². The summed E-state index contributed by atoms with van der Waals surface area (Å²) in [5.41, 5.74) is 0.324. The standard InChI is InChI=1S/C18H36N2O/c1-6-17(21)14-9-15(19-12-18(3,4)5)11-20(10-14)16-8-7-13(16)2/h13-17,19,21H,6-12H2,1-5H3. The number of aliphatic hydroxyl groups is 1. The summed E-state index contributed by atoms with van der Waals surface area (Å²) in [6.07, 6.45) is 4.60. The van der Waals surface area contributed by atoms with E-state index in [1.54, 1.807) is 0 Å². The van der Waals surface area contributed by atoms with Crippen LogP contribution in [-0.4, -0.2) is 47.8 Å². The summed E-state index contributed by atoms with van der Waals surface area (Å²) in [6.45, 7) is 14.7. The summed E-state index contributed by atoms with van der Waals surface area (Å²) >= 11 is 0. The highest BCUT2D eigenvalue weighted by Gasteiger charge is 2.39. The van der Waals surface area contributed by atoms with Gasteiger partial charge < -0.3 is 10.4 Å². The van der Waals surface area contributed by atoms with Gasteiger partial charge in [0.1, 0.15) is 0 Å². The van der Waals surface area contributed by atoms with Crippen molar-refractivity contribution in [1.29, 1.82) is 0 Å². The lowest BCUT2D eigenvalue weighted by molar-refractivity contribution is -0.0170. The van der Waals surface area contributed by atoms with E-state index in [9.17, 15) is 5.11 Å². The minimum atomic E-state index is -0.137. The van der Waals surface area contributed by atoms with Gasteiger partial charge in [0.25, 0.3) is 0 Å². The average molecular weight is 296 g/mol. The van der Waals surface area contributed by atoms with Gasteiger partial charge in [-0.25, -0.2) is 0 Å². The van der Waals surface area contributed by atoms with Crippen LogP contribution in [0, 0.1) is 17.3 Å². The van der Waals surface area contributed by atoms with Gasteiger partial charge >= 0.3 is 0 Å². The Balaban J connectivity index is 1.96. The van der Waals surface area contributed by atoms with Crippen molar-refractivity contribution in [2.75, 3.05) is 19.6 Å². The van der Waals surface area contributed by atoms with E-state index in [0.717, 1.165) is 44.4 Å². The Labute approximate surface area is 131 Å². The maximum atomic E-state index is 10.3. The number of rotatable bonds is 5. The number of hydrogen-bond acceptors (Lipinski definition) is 3. The number of hydrogen-bond donors (Lipinski definition) is 2. The molecular formula is C18H36N2O. The Morgan fingerprint density at radius 2 is 1.95 bits per heavy atom. The molecule has 0 bridgehead atoms. The molecule has 2 fully saturated rings. The van der Waals surface area contributed by atoms with Crippen LogP contribution >= 0.6 is 0 Å². The molecule has 2 rings (SSSR count). The molecule has 1 heterocycles. The highest BCUT2D eigenvalue weighted by molar-refractivity contribution is 4.94. The summed E-state index contributed by atoms with van der Waals surface area (Å²) in [6, 6.07) is 1.30. The predicted octanol–water partition coefficient (Wildman–Crippen LogP) is 2.88. The molecular weight excluding hydrogens is 260 g/mol. The molecule has 0 aromatic carbocycles. The van der Waals surface area contributed by atoms with Gasteiger partial charge in [0.05, 0.1) is 6.10 Å². The molecule has 3 nitrogen and oxygen atoms in total. The molecule has 0 amide bonds. The van der Waals surface area contributed by atoms with Crippen LogP contribution in [0.15, 0.2) is 0 Å². The molecule has 2 N–H and O–H groups in total. The first-order chi connectivity index (χ1) is 9.80. The zero-order valence-corrected chi connectivity index (χ0v) is 14.7. The van der Waals surface area contributed by atoms with Crippen LogP contribution < -0.4 is 5.32 Å². The molecule has 5 unspecified atom stereocenters. The molecule has 0 aromatic heterocycles. The first-order valence-corrected chi connectivity index (χ1v) is 8.95. The Morgan fingerprint density at radius 3 is 2.43 bits per heavy atom. The van der Waals surface area contributed by atoms with E-state index in [1.807, 2.05) is 0 Å². The Bertz CT molecular complexity index is 326. The fraction of sp³-hybridized carbons (Fsp3) is 1.00. The lowest BCUT2D eigenvalue weighted by Crippen LogP contribution is -2.58. The summed E-state index contributed by atoms with van der Waals surface area (Å²) in [5, 5.41) is 14.1. The number of aliphatic hydroxyl groups excluding tert-OH is 1. The Morgan fingerprint density at radius 1 is 1.24 bits per heavy atom. The van der Waals surface area contributed by atoms with Crippen molar-refractivity contribution >= 4 is 0 Å². The molecule has 0 spiro atoms. The monoisotopic (exact) mass is 296 g/mol. The third-order valence-corrected chi connectivity index (χ3v) is 5.44. The lowest BCUT2D eigenvalue weighted by atomic mass is 9.77. The third-order valence-electron chi connectivity index (χ3n) is 5.44. The van der Waals surface area contributed by atoms with Gasteiger partial charge in [-0.3, -0.25) is 4.90 Å². The maximum absolute atomic E-state index is 10.3. The smallest absolute Gasteiger partial charge is 0.0578 e. The molecule has 1 saturated heterocycles. The molecule has 21 heavy (non-hydrogen) atoms. The van der Waals surface area contributed by atoms with E-state index in [2.05, 4.69) is 44.8 Å². The van der Waals surface area contributed by atoms with Gasteiger partial charge in [0, 0.05) is 31.7 Å². The molecule has 2 aliphatic rings. The van der Waals surface area contributed by atoms with Gasteiger partial charge in [-0.2, -0.15) is 0 Å². The highest BCUT2D eigenvalue weighted by Crippen LogP contribution is 2.35. The van der Waals surface area contributed by atoms with Crippen molar-refractivity contribution in [2.45, 2.75) is 78.5 Å². The van der Waals surface area contributed by atoms with Crippen LogP contribution in [0.5, 0.6) is 0 Å². The first-order valence-electron chi connectivity index (χ1n) is 8.95. The van der Waals surface area contributed by atoms with Crippen molar-refractivity contribution in [1.82, 2.24) is 10.2 Å². The van der Waals surface area contributed by atoms with Crippen LogP contribution in [0.4, 0.5) is 0 Å². The predicted molar refractivity (Wildman–Crippen MR) is 89.4 cm³/mol. The zero-order valence-electron chi connectivity index (χ0n) is 14.7. The third kappa shape index (κ3) is 4.67. The fourth-order valence-corrected chi connectivity index (χ4v) is 3.85. The second-order valence-corrected chi connectivity index (χ2v) is 8.69. The summed E-state index contributed by atoms with van der Waals surface area (Å²) in [4.78, 5) is 2.67. The van der Waals surface area contributed by atoms with E-state index >= 15 is 0 Å². The number of nitrogens with zero attached hydrogens (tertiary/aromatic N) is 1. The maximum Gasteiger partial charge on any atom is 0.0578 e. The normalized spacial score (nSPS) is 36.3. The molecule has 0 radical (unpaired) electrons. The second-order valence-electron chi connectivity index (χ2n) is 8.69. The number of piperidine rings is 1. The van der Waals surface area contributed by atoms with Gasteiger partial charge in [-0.05, 0) is 42.9 Å². The number of nitrogens with one attached hydrogen (secondary N) is 1. The first kappa shape index (κ1) is 17.2. The minimum Gasteiger partial charge on any atom is -0.393 e. The van der Waals surface area contributed by atoms with Crippen molar-refractivity contribution in [2.24, 2.45) is 17.3 Å². The fourth-order valence-electron chi connectivity index (χ4n) is 3.85. The molecule has 1 aliphatic carbocycles.